The van der Waals surface area contributed by atoms with Gasteiger partial charge in [-0.3, -0.25) is 0 Å². The quantitative estimate of drug-likeness (QED) is 0.727. The third kappa shape index (κ3) is 4.68. The molecule has 20 heavy (non-hydrogen) atoms. The Morgan fingerprint density at radius 3 is 2.95 bits per heavy atom. The van der Waals surface area contributed by atoms with Crippen molar-refractivity contribution in [1.82, 2.24) is 9.97 Å². The average Bonchev–Trinajstić information content (AvgIpc) is 2.88. The molecule has 1 aromatic heterocycles. The van der Waals surface area contributed by atoms with Gasteiger partial charge in [0.25, 0.3) is 0 Å². The van der Waals surface area contributed by atoms with E-state index in [1.165, 1.54) is 0 Å². The number of aromatic amines is 1. The number of ether oxygens (including phenoxy) is 2. The van der Waals surface area contributed by atoms with Gasteiger partial charge in [-0.25, -0.2) is 4.98 Å². The average molecular weight is 275 g/mol. The third-order valence-corrected chi connectivity index (χ3v) is 2.87. The van der Waals surface area contributed by atoms with Gasteiger partial charge in [-0.1, -0.05) is 12.1 Å². The minimum absolute atomic E-state index is 0.599. The summed E-state index contributed by atoms with van der Waals surface area (Å²) in [6, 6.07) is 8.21. The van der Waals surface area contributed by atoms with Gasteiger partial charge in [0, 0.05) is 12.8 Å². The van der Waals surface area contributed by atoms with Crippen LogP contribution in [-0.2, 0) is 22.6 Å². The summed E-state index contributed by atoms with van der Waals surface area (Å²) >= 11 is 0. The van der Waals surface area contributed by atoms with Gasteiger partial charge in [0.2, 0.25) is 0 Å². The van der Waals surface area contributed by atoms with Gasteiger partial charge in [0.15, 0.2) is 0 Å². The molecule has 0 amide bonds. The summed E-state index contributed by atoms with van der Waals surface area (Å²) in [5.74, 6) is 0.932. The Morgan fingerprint density at radius 2 is 2.20 bits per heavy atom. The lowest BCUT2D eigenvalue weighted by Gasteiger charge is -2.08. The Bertz CT molecular complexity index is 525. The lowest BCUT2D eigenvalue weighted by Crippen LogP contribution is -2.03. The molecule has 0 unspecified atom stereocenters. The van der Waals surface area contributed by atoms with E-state index in [0.29, 0.717) is 19.8 Å². The van der Waals surface area contributed by atoms with Crippen LogP contribution < -0.4 is 5.32 Å². The Balaban J connectivity index is 1.82. The van der Waals surface area contributed by atoms with E-state index < -0.39 is 0 Å². The van der Waals surface area contributed by atoms with Crippen LogP contribution in [0.1, 0.15) is 17.1 Å². The maximum absolute atomic E-state index is 5.51. The van der Waals surface area contributed by atoms with Crippen molar-refractivity contribution in [3.63, 3.8) is 0 Å². The highest BCUT2D eigenvalue weighted by Gasteiger charge is 1.99. The SMILES string of the molecule is COCCOCc1cccc(NCc2cnc(C)[nH]2)c1. The van der Waals surface area contributed by atoms with Crippen LogP contribution in [0.25, 0.3) is 0 Å². The molecule has 0 spiro atoms. The number of aryl methyl sites for hydroxylation is 1. The zero-order valence-corrected chi connectivity index (χ0v) is 12.0. The molecule has 0 saturated carbocycles. The first-order valence-corrected chi connectivity index (χ1v) is 6.68. The fourth-order valence-electron chi connectivity index (χ4n) is 1.86. The lowest BCUT2D eigenvalue weighted by molar-refractivity contribution is 0.0617. The molecular formula is C15H21N3O2. The van der Waals surface area contributed by atoms with Crippen molar-refractivity contribution in [2.24, 2.45) is 0 Å². The van der Waals surface area contributed by atoms with Crippen LogP contribution in [0.5, 0.6) is 0 Å². The molecule has 2 aromatic rings. The van der Waals surface area contributed by atoms with Crippen LogP contribution >= 0.6 is 0 Å². The van der Waals surface area contributed by atoms with Crippen molar-refractivity contribution in [1.29, 1.82) is 0 Å². The van der Waals surface area contributed by atoms with Crippen molar-refractivity contribution in [2.45, 2.75) is 20.1 Å². The summed E-state index contributed by atoms with van der Waals surface area (Å²) < 4.78 is 10.5. The van der Waals surface area contributed by atoms with Crippen LogP contribution in [0.2, 0.25) is 0 Å². The van der Waals surface area contributed by atoms with E-state index in [1.54, 1.807) is 7.11 Å². The number of rotatable bonds is 8. The summed E-state index contributed by atoms with van der Waals surface area (Å²) in [4.78, 5) is 7.37. The molecule has 2 N–H and O–H groups in total. The van der Waals surface area contributed by atoms with Crippen LogP contribution in [0.3, 0.4) is 0 Å². The van der Waals surface area contributed by atoms with Gasteiger partial charge in [-0.05, 0) is 24.6 Å². The van der Waals surface area contributed by atoms with Gasteiger partial charge in [-0.15, -0.1) is 0 Å². The van der Waals surface area contributed by atoms with Crippen LogP contribution in [-0.4, -0.2) is 30.3 Å². The normalized spacial score (nSPS) is 10.7. The van der Waals surface area contributed by atoms with Crippen molar-refractivity contribution in [3.8, 4) is 0 Å². The molecule has 0 bridgehead atoms. The molecule has 108 valence electrons. The summed E-state index contributed by atoms with van der Waals surface area (Å²) in [5.41, 5.74) is 3.29. The second kappa shape index (κ2) is 7.67. The van der Waals surface area contributed by atoms with E-state index in [-0.39, 0.29) is 0 Å². The summed E-state index contributed by atoms with van der Waals surface area (Å²) in [5, 5.41) is 3.36. The van der Waals surface area contributed by atoms with E-state index in [4.69, 9.17) is 9.47 Å². The zero-order chi connectivity index (χ0) is 14.2. The molecule has 0 aliphatic carbocycles. The van der Waals surface area contributed by atoms with E-state index >= 15 is 0 Å². The molecule has 0 saturated heterocycles. The minimum Gasteiger partial charge on any atom is -0.382 e. The second-order valence-corrected chi connectivity index (χ2v) is 4.59. The zero-order valence-electron chi connectivity index (χ0n) is 12.0. The Hall–Kier alpha value is -1.85. The standard InChI is InChI=1S/C15H21N3O2/c1-12-16-9-15(18-12)10-17-14-5-3-4-13(8-14)11-20-7-6-19-2/h3-5,8-9,17H,6-7,10-11H2,1-2H3,(H,16,18). The molecule has 5 nitrogen and oxygen atoms in total. The molecule has 1 heterocycles. The molecule has 5 heteroatoms. The molecule has 0 radical (unpaired) electrons. The first kappa shape index (κ1) is 14.6. The number of nitrogens with one attached hydrogen (secondary N) is 2. The first-order chi connectivity index (χ1) is 9.78. The Labute approximate surface area is 119 Å². The lowest BCUT2D eigenvalue weighted by atomic mass is 10.2. The molecule has 1 aromatic carbocycles. The highest BCUT2D eigenvalue weighted by molar-refractivity contribution is 5.45. The fraction of sp³-hybridized carbons (Fsp3) is 0.400. The van der Waals surface area contributed by atoms with Crippen molar-refractivity contribution in [3.05, 3.63) is 47.5 Å². The fourth-order valence-corrected chi connectivity index (χ4v) is 1.86. The minimum atomic E-state index is 0.599. The van der Waals surface area contributed by atoms with Gasteiger partial charge < -0.3 is 19.8 Å². The van der Waals surface area contributed by atoms with Crippen LogP contribution in [0, 0.1) is 6.92 Å². The number of hydrogen-bond acceptors (Lipinski definition) is 4. The van der Waals surface area contributed by atoms with Gasteiger partial charge >= 0.3 is 0 Å². The number of H-pyrrole nitrogens is 1. The molecule has 0 atom stereocenters. The first-order valence-electron chi connectivity index (χ1n) is 6.68. The van der Waals surface area contributed by atoms with Crippen LogP contribution in [0.15, 0.2) is 30.5 Å². The van der Waals surface area contributed by atoms with E-state index in [9.17, 15) is 0 Å². The molecular weight excluding hydrogens is 254 g/mol. The Morgan fingerprint density at radius 1 is 1.30 bits per heavy atom. The predicted molar refractivity (Wildman–Crippen MR) is 78.6 cm³/mol. The highest BCUT2D eigenvalue weighted by Crippen LogP contribution is 2.12. The number of benzene rings is 1. The smallest absolute Gasteiger partial charge is 0.103 e. The molecule has 0 fully saturated rings. The number of anilines is 1. The molecule has 2 rings (SSSR count). The van der Waals surface area contributed by atoms with Crippen molar-refractivity contribution < 1.29 is 9.47 Å². The second-order valence-electron chi connectivity index (χ2n) is 4.59. The maximum atomic E-state index is 5.51. The maximum Gasteiger partial charge on any atom is 0.103 e. The van der Waals surface area contributed by atoms with Gasteiger partial charge in [-0.2, -0.15) is 0 Å². The summed E-state index contributed by atoms with van der Waals surface area (Å²) in [7, 11) is 1.67. The monoisotopic (exact) mass is 275 g/mol. The molecule has 0 aliphatic rings. The van der Waals surface area contributed by atoms with Crippen molar-refractivity contribution >= 4 is 5.69 Å². The number of imidazole rings is 1. The van der Waals surface area contributed by atoms with E-state index in [1.807, 2.05) is 25.3 Å². The summed E-state index contributed by atoms with van der Waals surface area (Å²) in [6.07, 6.45) is 1.85. The highest BCUT2D eigenvalue weighted by atomic mass is 16.5. The summed E-state index contributed by atoms with van der Waals surface area (Å²) in [6.45, 7) is 4.51. The third-order valence-electron chi connectivity index (χ3n) is 2.87. The van der Waals surface area contributed by atoms with Crippen LogP contribution in [0.4, 0.5) is 5.69 Å². The number of nitrogens with zero attached hydrogens (tertiary/aromatic N) is 1. The molecule has 0 aliphatic heterocycles. The number of hydrogen-bond donors (Lipinski definition) is 2. The number of methoxy groups -OCH3 is 1. The largest absolute Gasteiger partial charge is 0.382 e. The number of aromatic nitrogens is 2. The van der Waals surface area contributed by atoms with Crippen molar-refractivity contribution in [2.75, 3.05) is 25.6 Å². The van der Waals surface area contributed by atoms with Gasteiger partial charge in [0.05, 0.1) is 38.3 Å². The van der Waals surface area contributed by atoms with Gasteiger partial charge in [0.1, 0.15) is 5.82 Å². The Kier molecular flexibility index (Phi) is 5.58. The topological polar surface area (TPSA) is 59.2 Å². The predicted octanol–water partition coefficient (Wildman–Crippen LogP) is 2.49. The van der Waals surface area contributed by atoms with E-state index in [2.05, 4.69) is 27.4 Å². The van der Waals surface area contributed by atoms with E-state index in [0.717, 1.165) is 29.3 Å².